The van der Waals surface area contributed by atoms with Gasteiger partial charge in [0.1, 0.15) is 11.2 Å². The summed E-state index contributed by atoms with van der Waals surface area (Å²) in [5.74, 6) is 0.456. The first-order valence-electron chi connectivity index (χ1n) is 7.74. The molecule has 0 saturated heterocycles. The van der Waals surface area contributed by atoms with Gasteiger partial charge in [-0.25, -0.2) is 0 Å². The predicted molar refractivity (Wildman–Crippen MR) is 93.2 cm³/mol. The number of para-hydroxylation sites is 1. The second-order valence-electron chi connectivity index (χ2n) is 6.06. The summed E-state index contributed by atoms with van der Waals surface area (Å²) in [6.07, 6.45) is 0. The van der Waals surface area contributed by atoms with Crippen LogP contribution in [-0.2, 0) is 0 Å². The highest BCUT2D eigenvalue weighted by molar-refractivity contribution is 6.07. The monoisotopic (exact) mass is 286 g/mol. The smallest absolute Gasteiger partial charge is 0.138 e. The summed E-state index contributed by atoms with van der Waals surface area (Å²) in [5, 5.41) is 2.40. The molecule has 4 rings (SSSR count). The minimum absolute atomic E-state index is 0.456. The SMILES string of the molecule is CC(C)c1cccc2c1oc1ccc(-c3ccccc3)cc12. The Hall–Kier alpha value is -2.54. The molecule has 0 bridgehead atoms. The third-order valence-electron chi connectivity index (χ3n) is 4.26. The van der Waals surface area contributed by atoms with Gasteiger partial charge in [-0.3, -0.25) is 0 Å². The van der Waals surface area contributed by atoms with Gasteiger partial charge in [-0.05, 0) is 34.7 Å². The van der Waals surface area contributed by atoms with Crippen LogP contribution in [0, 0.1) is 0 Å². The lowest BCUT2D eigenvalue weighted by molar-refractivity contribution is 0.657. The largest absolute Gasteiger partial charge is 0.456 e. The number of furan rings is 1. The van der Waals surface area contributed by atoms with E-state index in [-0.39, 0.29) is 0 Å². The minimum atomic E-state index is 0.456. The molecule has 0 N–H and O–H groups in total. The van der Waals surface area contributed by atoms with Gasteiger partial charge in [0.2, 0.25) is 0 Å². The molecule has 0 amide bonds. The average Bonchev–Trinajstić information content (AvgIpc) is 2.93. The standard InChI is InChI=1S/C21H18O/c1-14(2)17-9-6-10-18-19-13-16(15-7-4-3-5-8-15)11-12-20(19)22-21(17)18/h3-14H,1-2H3. The molecule has 4 aromatic rings. The van der Waals surface area contributed by atoms with Crippen LogP contribution in [-0.4, -0.2) is 0 Å². The summed E-state index contributed by atoms with van der Waals surface area (Å²) in [7, 11) is 0. The number of fused-ring (bicyclic) bond motifs is 3. The summed E-state index contributed by atoms with van der Waals surface area (Å²) in [4.78, 5) is 0. The summed E-state index contributed by atoms with van der Waals surface area (Å²) >= 11 is 0. The van der Waals surface area contributed by atoms with Crippen molar-refractivity contribution in [2.24, 2.45) is 0 Å². The van der Waals surface area contributed by atoms with E-state index in [0.29, 0.717) is 5.92 Å². The zero-order chi connectivity index (χ0) is 15.1. The highest BCUT2D eigenvalue weighted by Crippen LogP contribution is 2.35. The zero-order valence-corrected chi connectivity index (χ0v) is 12.8. The molecule has 0 aliphatic carbocycles. The van der Waals surface area contributed by atoms with Crippen molar-refractivity contribution in [3.8, 4) is 11.1 Å². The topological polar surface area (TPSA) is 13.1 Å². The molecule has 0 atom stereocenters. The molecule has 22 heavy (non-hydrogen) atoms. The van der Waals surface area contributed by atoms with Gasteiger partial charge < -0.3 is 4.42 Å². The maximum Gasteiger partial charge on any atom is 0.138 e. The van der Waals surface area contributed by atoms with Gasteiger partial charge in [-0.2, -0.15) is 0 Å². The number of rotatable bonds is 2. The normalized spacial score (nSPS) is 11.6. The van der Waals surface area contributed by atoms with Gasteiger partial charge in [0.05, 0.1) is 0 Å². The molecule has 3 aromatic carbocycles. The lowest BCUT2D eigenvalue weighted by atomic mass is 9.99. The van der Waals surface area contributed by atoms with Crippen LogP contribution in [0.3, 0.4) is 0 Å². The fourth-order valence-electron chi connectivity index (χ4n) is 3.09. The van der Waals surface area contributed by atoms with Crippen molar-refractivity contribution in [2.75, 3.05) is 0 Å². The van der Waals surface area contributed by atoms with Gasteiger partial charge >= 0.3 is 0 Å². The van der Waals surface area contributed by atoms with Gasteiger partial charge in [-0.1, -0.05) is 68.4 Å². The van der Waals surface area contributed by atoms with E-state index in [2.05, 4.69) is 74.5 Å². The Morgan fingerprint density at radius 2 is 1.55 bits per heavy atom. The van der Waals surface area contributed by atoms with Crippen LogP contribution >= 0.6 is 0 Å². The summed E-state index contributed by atoms with van der Waals surface area (Å²) in [6.45, 7) is 4.41. The molecule has 0 unspecified atom stereocenters. The van der Waals surface area contributed by atoms with Gasteiger partial charge in [0.15, 0.2) is 0 Å². The van der Waals surface area contributed by atoms with Crippen molar-refractivity contribution in [3.05, 3.63) is 72.3 Å². The fourth-order valence-corrected chi connectivity index (χ4v) is 3.09. The third kappa shape index (κ3) is 2.01. The van der Waals surface area contributed by atoms with E-state index in [1.165, 1.54) is 27.5 Å². The Morgan fingerprint density at radius 1 is 0.727 bits per heavy atom. The molecule has 1 heterocycles. The summed E-state index contributed by atoms with van der Waals surface area (Å²) in [5.41, 5.74) is 5.72. The lowest BCUT2D eigenvalue weighted by Gasteiger charge is -2.04. The van der Waals surface area contributed by atoms with E-state index in [1.807, 2.05) is 6.07 Å². The highest BCUT2D eigenvalue weighted by atomic mass is 16.3. The highest BCUT2D eigenvalue weighted by Gasteiger charge is 2.13. The average molecular weight is 286 g/mol. The molecule has 0 radical (unpaired) electrons. The van der Waals surface area contributed by atoms with Crippen molar-refractivity contribution in [1.82, 2.24) is 0 Å². The first-order chi connectivity index (χ1) is 10.7. The zero-order valence-electron chi connectivity index (χ0n) is 12.8. The molecule has 0 saturated carbocycles. The van der Waals surface area contributed by atoms with Gasteiger partial charge in [0, 0.05) is 10.8 Å². The number of hydrogen-bond donors (Lipinski definition) is 0. The van der Waals surface area contributed by atoms with Crippen LogP contribution in [0.5, 0.6) is 0 Å². The summed E-state index contributed by atoms with van der Waals surface area (Å²) < 4.78 is 6.14. The van der Waals surface area contributed by atoms with Gasteiger partial charge in [0.25, 0.3) is 0 Å². The second kappa shape index (κ2) is 5.03. The Labute approximate surface area is 130 Å². The minimum Gasteiger partial charge on any atom is -0.456 e. The molecule has 1 aromatic heterocycles. The fraction of sp³-hybridized carbons (Fsp3) is 0.143. The molecule has 0 aliphatic rings. The van der Waals surface area contributed by atoms with E-state index in [9.17, 15) is 0 Å². The maximum absolute atomic E-state index is 6.14. The van der Waals surface area contributed by atoms with Crippen molar-refractivity contribution < 1.29 is 4.42 Å². The van der Waals surface area contributed by atoms with E-state index in [0.717, 1.165) is 11.2 Å². The van der Waals surface area contributed by atoms with Crippen LogP contribution < -0.4 is 0 Å². The first kappa shape index (κ1) is 13.1. The Kier molecular flexibility index (Phi) is 3.00. The van der Waals surface area contributed by atoms with Crippen molar-refractivity contribution >= 4 is 21.9 Å². The molecule has 1 nitrogen and oxygen atoms in total. The Balaban J connectivity index is 2.00. The quantitative estimate of drug-likeness (QED) is 0.417. The van der Waals surface area contributed by atoms with E-state index >= 15 is 0 Å². The molecular formula is C21H18O. The van der Waals surface area contributed by atoms with Crippen LogP contribution in [0.25, 0.3) is 33.1 Å². The van der Waals surface area contributed by atoms with Crippen LogP contribution in [0.4, 0.5) is 0 Å². The number of hydrogen-bond acceptors (Lipinski definition) is 1. The van der Waals surface area contributed by atoms with E-state index in [4.69, 9.17) is 4.42 Å². The van der Waals surface area contributed by atoms with Crippen LogP contribution in [0.2, 0.25) is 0 Å². The maximum atomic E-state index is 6.14. The van der Waals surface area contributed by atoms with Crippen molar-refractivity contribution in [1.29, 1.82) is 0 Å². The molecule has 0 aliphatic heterocycles. The second-order valence-corrected chi connectivity index (χ2v) is 6.06. The Bertz CT molecular complexity index is 946. The van der Waals surface area contributed by atoms with Crippen LogP contribution in [0.1, 0.15) is 25.3 Å². The van der Waals surface area contributed by atoms with Gasteiger partial charge in [-0.15, -0.1) is 0 Å². The molecule has 1 heteroatoms. The molecular weight excluding hydrogens is 268 g/mol. The van der Waals surface area contributed by atoms with Crippen molar-refractivity contribution in [2.45, 2.75) is 19.8 Å². The lowest BCUT2D eigenvalue weighted by Crippen LogP contribution is -1.86. The Morgan fingerprint density at radius 3 is 2.32 bits per heavy atom. The predicted octanol–water partition coefficient (Wildman–Crippen LogP) is 6.38. The van der Waals surface area contributed by atoms with Crippen molar-refractivity contribution in [3.63, 3.8) is 0 Å². The summed E-state index contributed by atoms with van der Waals surface area (Å²) in [6, 6.07) is 23.4. The number of benzene rings is 3. The molecule has 0 fully saturated rings. The van der Waals surface area contributed by atoms with E-state index < -0.39 is 0 Å². The molecule has 108 valence electrons. The molecule has 0 spiro atoms. The van der Waals surface area contributed by atoms with E-state index in [1.54, 1.807) is 0 Å². The third-order valence-corrected chi connectivity index (χ3v) is 4.26. The first-order valence-corrected chi connectivity index (χ1v) is 7.74. The van der Waals surface area contributed by atoms with Crippen LogP contribution in [0.15, 0.2) is 71.1 Å².